The Kier molecular flexibility index (Phi) is 2.32. The average molecular weight is 215 g/mol. The molecule has 1 aromatic carbocycles. The number of nitrogens with two attached hydrogens (primary N) is 1. The van der Waals surface area contributed by atoms with Gasteiger partial charge in [-0.2, -0.15) is 0 Å². The molecule has 2 unspecified atom stereocenters. The van der Waals surface area contributed by atoms with Gasteiger partial charge in [-0.3, -0.25) is 0 Å². The van der Waals surface area contributed by atoms with Crippen LogP contribution in [0.1, 0.15) is 31.7 Å². The third kappa shape index (κ3) is 1.67. The number of hydrogen-bond acceptors (Lipinski definition) is 1. The van der Waals surface area contributed by atoms with Crippen molar-refractivity contribution in [3.63, 3.8) is 0 Å². The van der Waals surface area contributed by atoms with E-state index in [9.17, 15) is 0 Å². The Bertz CT molecular complexity index is 364. The number of benzene rings is 1. The van der Waals surface area contributed by atoms with E-state index in [0.29, 0.717) is 0 Å². The van der Waals surface area contributed by atoms with Crippen LogP contribution in [0.25, 0.3) is 0 Å². The second-order valence-corrected chi connectivity index (χ2v) is 6.04. The van der Waals surface area contributed by atoms with E-state index in [-0.39, 0.29) is 5.54 Å². The lowest BCUT2D eigenvalue weighted by atomic mass is 9.51. The zero-order valence-corrected chi connectivity index (χ0v) is 10.0. The molecule has 0 radical (unpaired) electrons. The zero-order valence-electron chi connectivity index (χ0n) is 10.0. The lowest BCUT2D eigenvalue weighted by Gasteiger charge is -2.57. The highest BCUT2D eigenvalue weighted by Crippen LogP contribution is 2.53. The summed E-state index contributed by atoms with van der Waals surface area (Å²) >= 11 is 0. The van der Waals surface area contributed by atoms with Crippen LogP contribution in [0.5, 0.6) is 0 Å². The Morgan fingerprint density at radius 1 is 1.19 bits per heavy atom. The summed E-state index contributed by atoms with van der Waals surface area (Å²) in [6.07, 6.45) is 5.01. The smallest absolute Gasteiger partial charge is 0.0162 e. The van der Waals surface area contributed by atoms with Gasteiger partial charge in [0, 0.05) is 5.54 Å². The fourth-order valence-corrected chi connectivity index (χ4v) is 3.79. The first-order valence-electron chi connectivity index (χ1n) is 6.49. The lowest BCUT2D eigenvalue weighted by Crippen LogP contribution is -2.60. The van der Waals surface area contributed by atoms with Crippen LogP contribution in [0.4, 0.5) is 0 Å². The Labute approximate surface area is 98.0 Å². The van der Waals surface area contributed by atoms with Crippen LogP contribution in [-0.4, -0.2) is 5.54 Å². The summed E-state index contributed by atoms with van der Waals surface area (Å²) in [5.74, 6) is 2.58. The molecule has 3 aliphatic rings. The number of hydrogen-bond donors (Lipinski definition) is 1. The highest BCUT2D eigenvalue weighted by Gasteiger charge is 2.51. The maximum Gasteiger partial charge on any atom is 0.0162 e. The first kappa shape index (κ1) is 10.3. The minimum Gasteiger partial charge on any atom is -0.325 e. The monoisotopic (exact) mass is 215 g/mol. The molecule has 0 spiro atoms. The molecular weight excluding hydrogens is 194 g/mol. The molecule has 0 saturated heterocycles. The predicted octanol–water partition coefficient (Wildman–Crippen LogP) is 2.99. The Balaban J connectivity index is 1.71. The van der Waals surface area contributed by atoms with Crippen LogP contribution >= 0.6 is 0 Å². The van der Waals surface area contributed by atoms with E-state index in [2.05, 4.69) is 37.3 Å². The SMILES string of the molecule is CC1C(Cc2ccccc2)CC2(N)CC1C2. The largest absolute Gasteiger partial charge is 0.325 e. The fraction of sp³-hybridized carbons (Fsp3) is 0.600. The van der Waals surface area contributed by atoms with Crippen LogP contribution in [0.3, 0.4) is 0 Å². The molecule has 2 atom stereocenters. The van der Waals surface area contributed by atoms with Crippen molar-refractivity contribution in [1.82, 2.24) is 0 Å². The summed E-state index contributed by atoms with van der Waals surface area (Å²) in [5, 5.41) is 0. The molecule has 3 fully saturated rings. The first-order valence-corrected chi connectivity index (χ1v) is 6.49. The third-order valence-electron chi connectivity index (χ3n) is 4.83. The molecule has 0 aromatic heterocycles. The van der Waals surface area contributed by atoms with Crippen molar-refractivity contribution >= 4 is 0 Å². The summed E-state index contributed by atoms with van der Waals surface area (Å²) < 4.78 is 0. The molecule has 0 aliphatic heterocycles. The fourth-order valence-electron chi connectivity index (χ4n) is 3.79. The normalized spacial score (nSPS) is 41.5. The van der Waals surface area contributed by atoms with Crippen molar-refractivity contribution in [3.8, 4) is 0 Å². The second-order valence-electron chi connectivity index (χ2n) is 6.04. The summed E-state index contributed by atoms with van der Waals surface area (Å²) in [7, 11) is 0. The van der Waals surface area contributed by atoms with Gasteiger partial charge in [0.15, 0.2) is 0 Å². The molecule has 3 aliphatic carbocycles. The molecule has 3 saturated carbocycles. The third-order valence-corrected chi connectivity index (χ3v) is 4.83. The Morgan fingerprint density at radius 3 is 2.56 bits per heavy atom. The van der Waals surface area contributed by atoms with Gasteiger partial charge in [-0.25, -0.2) is 0 Å². The molecule has 0 amide bonds. The van der Waals surface area contributed by atoms with Gasteiger partial charge in [0.1, 0.15) is 0 Å². The molecule has 1 nitrogen and oxygen atoms in total. The van der Waals surface area contributed by atoms with Crippen molar-refractivity contribution in [2.24, 2.45) is 23.5 Å². The molecular formula is C15H21N. The van der Waals surface area contributed by atoms with Gasteiger partial charge < -0.3 is 5.73 Å². The summed E-state index contributed by atoms with van der Waals surface area (Å²) in [4.78, 5) is 0. The van der Waals surface area contributed by atoms with E-state index in [0.717, 1.165) is 17.8 Å². The second kappa shape index (κ2) is 3.59. The van der Waals surface area contributed by atoms with E-state index in [1.807, 2.05) is 0 Å². The molecule has 2 bridgehead atoms. The van der Waals surface area contributed by atoms with Gasteiger partial charge in [-0.15, -0.1) is 0 Å². The summed E-state index contributed by atoms with van der Waals surface area (Å²) in [6, 6.07) is 10.9. The maximum atomic E-state index is 6.35. The van der Waals surface area contributed by atoms with Crippen molar-refractivity contribution in [1.29, 1.82) is 0 Å². The van der Waals surface area contributed by atoms with Crippen LogP contribution in [0.2, 0.25) is 0 Å². The van der Waals surface area contributed by atoms with E-state index in [1.165, 1.54) is 31.2 Å². The lowest BCUT2D eigenvalue weighted by molar-refractivity contribution is -0.0162. The minimum absolute atomic E-state index is 0.205. The number of fused-ring (bicyclic) bond motifs is 2. The first-order chi connectivity index (χ1) is 7.66. The van der Waals surface area contributed by atoms with Crippen LogP contribution in [-0.2, 0) is 6.42 Å². The highest BCUT2D eigenvalue weighted by molar-refractivity contribution is 5.17. The summed E-state index contributed by atoms with van der Waals surface area (Å²) in [5.41, 5.74) is 8.03. The van der Waals surface area contributed by atoms with Gasteiger partial charge in [0.05, 0.1) is 0 Å². The molecule has 4 rings (SSSR count). The highest BCUT2D eigenvalue weighted by atomic mass is 14.8. The maximum absolute atomic E-state index is 6.35. The standard InChI is InChI=1S/C15H21N/c1-11-13(7-12-5-3-2-4-6-12)8-15(16)9-14(11)10-15/h2-6,11,13-14H,7-10,16H2,1H3. The van der Waals surface area contributed by atoms with Crippen LogP contribution in [0.15, 0.2) is 30.3 Å². The van der Waals surface area contributed by atoms with Crippen molar-refractivity contribution in [2.45, 2.75) is 38.1 Å². The quantitative estimate of drug-likeness (QED) is 0.806. The van der Waals surface area contributed by atoms with Crippen molar-refractivity contribution in [2.75, 3.05) is 0 Å². The molecule has 1 aromatic rings. The van der Waals surface area contributed by atoms with E-state index >= 15 is 0 Å². The minimum atomic E-state index is 0.205. The zero-order chi connectivity index (χ0) is 11.2. The Hall–Kier alpha value is -0.820. The van der Waals surface area contributed by atoms with Gasteiger partial charge >= 0.3 is 0 Å². The van der Waals surface area contributed by atoms with E-state index in [4.69, 9.17) is 5.73 Å². The topological polar surface area (TPSA) is 26.0 Å². The van der Waals surface area contributed by atoms with Gasteiger partial charge in [0.2, 0.25) is 0 Å². The van der Waals surface area contributed by atoms with Crippen LogP contribution in [0, 0.1) is 17.8 Å². The van der Waals surface area contributed by atoms with Gasteiger partial charge in [-0.1, -0.05) is 37.3 Å². The molecule has 2 N–H and O–H groups in total. The van der Waals surface area contributed by atoms with Crippen LogP contribution < -0.4 is 5.73 Å². The molecule has 0 heterocycles. The van der Waals surface area contributed by atoms with Gasteiger partial charge in [0.25, 0.3) is 0 Å². The van der Waals surface area contributed by atoms with Crippen molar-refractivity contribution < 1.29 is 0 Å². The van der Waals surface area contributed by atoms with E-state index in [1.54, 1.807) is 0 Å². The molecule has 16 heavy (non-hydrogen) atoms. The van der Waals surface area contributed by atoms with Gasteiger partial charge in [-0.05, 0) is 49.0 Å². The van der Waals surface area contributed by atoms with Crippen molar-refractivity contribution in [3.05, 3.63) is 35.9 Å². The predicted molar refractivity (Wildman–Crippen MR) is 67.1 cm³/mol. The Morgan fingerprint density at radius 2 is 1.88 bits per heavy atom. The van der Waals surface area contributed by atoms with E-state index < -0.39 is 0 Å². The average Bonchev–Trinajstić information content (AvgIpc) is 2.23. The molecule has 1 heteroatoms. The summed E-state index contributed by atoms with van der Waals surface area (Å²) in [6.45, 7) is 2.43. The number of rotatable bonds is 2. The molecule has 86 valence electrons.